The summed E-state index contributed by atoms with van der Waals surface area (Å²) in [6.45, 7) is 0.736. The predicted molar refractivity (Wildman–Crippen MR) is 72.5 cm³/mol. The van der Waals surface area contributed by atoms with Gasteiger partial charge in [0.25, 0.3) is 0 Å². The summed E-state index contributed by atoms with van der Waals surface area (Å²) in [6.07, 6.45) is 1.18. The molecule has 4 N–H and O–H groups in total. The molecule has 1 unspecified atom stereocenters. The smallest absolute Gasteiger partial charge is 0.0945 e. The zero-order valence-electron chi connectivity index (χ0n) is 10.3. The Bertz CT molecular complexity index is 531. The highest BCUT2D eigenvalue weighted by Crippen LogP contribution is 2.23. The van der Waals surface area contributed by atoms with E-state index in [1.807, 2.05) is 24.3 Å². The maximum atomic E-state index is 9.60. The van der Waals surface area contributed by atoms with Crippen molar-refractivity contribution >= 4 is 22.3 Å². The van der Waals surface area contributed by atoms with Gasteiger partial charge in [-0.25, -0.2) is 0 Å². The Morgan fingerprint density at radius 3 is 3.06 bits per heavy atom. The summed E-state index contributed by atoms with van der Waals surface area (Å²) in [5.74, 6) is 0. The van der Waals surface area contributed by atoms with Gasteiger partial charge in [-0.1, -0.05) is 0 Å². The van der Waals surface area contributed by atoms with Gasteiger partial charge in [0.1, 0.15) is 0 Å². The van der Waals surface area contributed by atoms with Gasteiger partial charge in [0.05, 0.1) is 18.2 Å². The molecule has 1 heterocycles. The van der Waals surface area contributed by atoms with E-state index in [2.05, 4.69) is 10.3 Å². The van der Waals surface area contributed by atoms with Crippen molar-refractivity contribution in [2.24, 2.45) is 0 Å². The third kappa shape index (κ3) is 2.88. The van der Waals surface area contributed by atoms with Crippen molar-refractivity contribution in [1.82, 2.24) is 4.98 Å². The number of aliphatic hydroxyl groups excluding tert-OH is 1. The average Bonchev–Trinajstić information content (AvgIpc) is 2.36. The molecule has 0 amide bonds. The van der Waals surface area contributed by atoms with Gasteiger partial charge in [0.2, 0.25) is 0 Å². The summed E-state index contributed by atoms with van der Waals surface area (Å²) in [6, 6.07) is 7.45. The molecule has 1 aromatic carbocycles. The fourth-order valence-corrected chi connectivity index (χ4v) is 1.80. The van der Waals surface area contributed by atoms with Gasteiger partial charge in [-0.15, -0.1) is 0 Å². The van der Waals surface area contributed by atoms with Gasteiger partial charge < -0.3 is 20.9 Å². The van der Waals surface area contributed by atoms with E-state index in [0.717, 1.165) is 16.6 Å². The number of hydrogen-bond acceptors (Lipinski definition) is 5. The molecule has 2 rings (SSSR count). The quantitative estimate of drug-likeness (QED) is 0.693. The molecular formula is C13H17N3O2. The number of nitrogens with two attached hydrogens (primary N) is 1. The number of ether oxygens (including phenoxy) is 1. The number of nitrogens with zero attached hydrogens (tertiary/aromatic N) is 1. The largest absolute Gasteiger partial charge is 0.399 e. The Morgan fingerprint density at radius 2 is 2.28 bits per heavy atom. The molecule has 0 fully saturated rings. The molecule has 0 spiro atoms. The van der Waals surface area contributed by atoms with Crippen LogP contribution in [0.4, 0.5) is 11.4 Å². The Morgan fingerprint density at radius 1 is 1.44 bits per heavy atom. The van der Waals surface area contributed by atoms with E-state index in [0.29, 0.717) is 18.8 Å². The van der Waals surface area contributed by atoms with Crippen molar-refractivity contribution in [1.29, 1.82) is 0 Å². The Labute approximate surface area is 106 Å². The second kappa shape index (κ2) is 5.66. The van der Waals surface area contributed by atoms with Crippen LogP contribution in [0, 0.1) is 0 Å². The predicted octanol–water partition coefficient (Wildman–Crippen LogP) is 1.24. The number of methoxy groups -OCH3 is 1. The van der Waals surface area contributed by atoms with Gasteiger partial charge in [-0.2, -0.15) is 0 Å². The highest BCUT2D eigenvalue weighted by molar-refractivity contribution is 5.92. The molecule has 0 saturated heterocycles. The van der Waals surface area contributed by atoms with E-state index >= 15 is 0 Å². The van der Waals surface area contributed by atoms with Crippen LogP contribution in [0.25, 0.3) is 10.9 Å². The van der Waals surface area contributed by atoms with Crippen molar-refractivity contribution < 1.29 is 9.84 Å². The lowest BCUT2D eigenvalue weighted by molar-refractivity contribution is 0.0728. The highest BCUT2D eigenvalue weighted by Gasteiger charge is 2.05. The zero-order chi connectivity index (χ0) is 13.0. The van der Waals surface area contributed by atoms with E-state index in [9.17, 15) is 5.11 Å². The molecule has 0 saturated carbocycles. The highest BCUT2D eigenvalue weighted by atomic mass is 16.5. The fourth-order valence-electron chi connectivity index (χ4n) is 1.80. The van der Waals surface area contributed by atoms with Crippen LogP contribution in [0.15, 0.2) is 30.5 Å². The second-order valence-corrected chi connectivity index (χ2v) is 4.13. The molecule has 18 heavy (non-hydrogen) atoms. The topological polar surface area (TPSA) is 80.4 Å². The van der Waals surface area contributed by atoms with Crippen LogP contribution in [0.1, 0.15) is 0 Å². The van der Waals surface area contributed by atoms with E-state index in [1.54, 1.807) is 13.3 Å². The Balaban J connectivity index is 2.18. The number of rotatable bonds is 5. The Kier molecular flexibility index (Phi) is 3.96. The minimum absolute atomic E-state index is 0.308. The van der Waals surface area contributed by atoms with Crippen LogP contribution in [0.2, 0.25) is 0 Å². The van der Waals surface area contributed by atoms with E-state index in [4.69, 9.17) is 10.5 Å². The molecule has 1 atom stereocenters. The molecule has 0 aliphatic rings. The molecule has 2 aromatic rings. The minimum Gasteiger partial charge on any atom is -0.399 e. The van der Waals surface area contributed by atoms with Crippen molar-refractivity contribution in [3.63, 3.8) is 0 Å². The lowest BCUT2D eigenvalue weighted by Crippen LogP contribution is -2.24. The Hall–Kier alpha value is -1.85. The number of nitrogens with one attached hydrogen (secondary N) is 1. The van der Waals surface area contributed by atoms with Crippen molar-refractivity contribution in [2.45, 2.75) is 6.10 Å². The summed E-state index contributed by atoms with van der Waals surface area (Å²) in [4.78, 5) is 4.26. The van der Waals surface area contributed by atoms with Gasteiger partial charge in [0, 0.05) is 36.6 Å². The van der Waals surface area contributed by atoms with Crippen LogP contribution in [-0.4, -0.2) is 36.5 Å². The van der Waals surface area contributed by atoms with Gasteiger partial charge in [-0.3, -0.25) is 4.98 Å². The number of nitrogen functional groups attached to an aromatic ring is 1. The van der Waals surface area contributed by atoms with Gasteiger partial charge in [0.15, 0.2) is 0 Å². The lowest BCUT2D eigenvalue weighted by Gasteiger charge is -2.13. The molecular weight excluding hydrogens is 230 g/mol. The minimum atomic E-state index is -0.535. The summed E-state index contributed by atoms with van der Waals surface area (Å²) < 4.78 is 4.88. The van der Waals surface area contributed by atoms with Crippen LogP contribution < -0.4 is 11.1 Å². The first kappa shape index (κ1) is 12.6. The normalized spacial score (nSPS) is 12.6. The molecule has 0 aliphatic carbocycles. The number of hydrogen-bond donors (Lipinski definition) is 3. The van der Waals surface area contributed by atoms with E-state index in [1.165, 1.54) is 0 Å². The summed E-state index contributed by atoms with van der Waals surface area (Å²) in [7, 11) is 1.56. The molecule has 0 bridgehead atoms. The molecule has 96 valence electrons. The van der Waals surface area contributed by atoms with Gasteiger partial charge in [-0.05, 0) is 24.3 Å². The average molecular weight is 247 g/mol. The van der Waals surface area contributed by atoms with E-state index in [-0.39, 0.29) is 0 Å². The van der Waals surface area contributed by atoms with Crippen LogP contribution in [0.5, 0.6) is 0 Å². The molecule has 5 heteroatoms. The molecule has 0 aliphatic heterocycles. The van der Waals surface area contributed by atoms with Crippen LogP contribution in [-0.2, 0) is 4.74 Å². The van der Waals surface area contributed by atoms with Crippen molar-refractivity contribution in [3.05, 3.63) is 30.5 Å². The number of aromatic nitrogens is 1. The second-order valence-electron chi connectivity index (χ2n) is 4.13. The summed E-state index contributed by atoms with van der Waals surface area (Å²) in [5, 5.41) is 13.8. The first-order chi connectivity index (χ1) is 8.70. The maximum Gasteiger partial charge on any atom is 0.0945 e. The SMILES string of the molecule is COCC(O)CNc1ccnc2cc(N)ccc12. The summed E-state index contributed by atoms with van der Waals surface area (Å²) >= 11 is 0. The van der Waals surface area contributed by atoms with Gasteiger partial charge >= 0.3 is 0 Å². The lowest BCUT2D eigenvalue weighted by atomic mass is 10.1. The number of pyridine rings is 1. The number of aliphatic hydroxyl groups is 1. The third-order valence-electron chi connectivity index (χ3n) is 2.65. The zero-order valence-corrected chi connectivity index (χ0v) is 10.3. The first-order valence-corrected chi connectivity index (χ1v) is 5.76. The van der Waals surface area contributed by atoms with Crippen molar-refractivity contribution in [2.75, 3.05) is 31.3 Å². The summed E-state index contributed by atoms with van der Waals surface area (Å²) in [5.41, 5.74) is 8.17. The standard InChI is InChI=1S/C13H17N3O2/c1-18-8-10(17)7-16-12-4-5-15-13-6-9(14)2-3-11(12)13/h2-6,10,17H,7-8,14H2,1H3,(H,15,16). The molecule has 1 aromatic heterocycles. The fraction of sp³-hybridized carbons (Fsp3) is 0.308. The number of anilines is 2. The number of benzene rings is 1. The third-order valence-corrected chi connectivity index (χ3v) is 2.65. The monoisotopic (exact) mass is 247 g/mol. The molecule has 0 radical (unpaired) electrons. The van der Waals surface area contributed by atoms with Crippen LogP contribution >= 0.6 is 0 Å². The molecule has 5 nitrogen and oxygen atoms in total. The first-order valence-electron chi connectivity index (χ1n) is 5.76. The van der Waals surface area contributed by atoms with Crippen LogP contribution in [0.3, 0.4) is 0 Å². The van der Waals surface area contributed by atoms with E-state index < -0.39 is 6.10 Å². The van der Waals surface area contributed by atoms with Crippen molar-refractivity contribution in [3.8, 4) is 0 Å². The maximum absolute atomic E-state index is 9.60. The number of fused-ring (bicyclic) bond motifs is 1.